The number of benzene rings is 2. The average Bonchev–Trinajstić information content (AvgIpc) is 3.31. The molecule has 0 bridgehead atoms. The lowest BCUT2D eigenvalue weighted by molar-refractivity contribution is 0.153. The number of halogens is 2. The van der Waals surface area contributed by atoms with Crippen LogP contribution < -0.4 is 0 Å². The van der Waals surface area contributed by atoms with Gasteiger partial charge in [-0.25, -0.2) is 0 Å². The maximum Gasteiger partial charge on any atom is 0.286 e. The van der Waals surface area contributed by atoms with E-state index in [9.17, 15) is 16.8 Å². The van der Waals surface area contributed by atoms with Crippen LogP contribution in [0.5, 0.6) is 0 Å². The zero-order valence-corrected chi connectivity index (χ0v) is 25.3. The summed E-state index contributed by atoms with van der Waals surface area (Å²) >= 11 is 7.20. The van der Waals surface area contributed by atoms with Crippen molar-refractivity contribution < 1.29 is 26.3 Å². The van der Waals surface area contributed by atoms with Gasteiger partial charge in [0.15, 0.2) is 0 Å². The van der Waals surface area contributed by atoms with Crippen LogP contribution in [-0.2, 0) is 29.5 Å². The van der Waals surface area contributed by atoms with Crippen LogP contribution in [0, 0.1) is 0 Å². The minimum Gasteiger partial charge on any atom is -0.472 e. The van der Waals surface area contributed by atoms with Gasteiger partial charge in [-0.2, -0.15) is 16.8 Å². The van der Waals surface area contributed by atoms with Crippen molar-refractivity contribution in [2.45, 2.75) is 83.0 Å². The summed E-state index contributed by atoms with van der Waals surface area (Å²) in [6.07, 6.45) is 8.51. The SMILES string of the molecule is O=S1(=O)N=C(O[C@@H]2CCCC[C@H]2Br)c2ccccc21.O=S1(=O)N=C(O[C@H]2CCCC[C@@H]2Br)c2ccccc21. The van der Waals surface area contributed by atoms with E-state index in [1.165, 1.54) is 12.8 Å². The van der Waals surface area contributed by atoms with Crippen LogP contribution in [0.15, 0.2) is 67.1 Å². The first-order valence-corrected chi connectivity index (χ1v) is 17.4. The minimum atomic E-state index is -3.58. The molecule has 2 aromatic rings. The predicted molar refractivity (Wildman–Crippen MR) is 152 cm³/mol. The Bertz CT molecular complexity index is 1360. The Kier molecular flexibility index (Phi) is 8.33. The molecule has 12 heteroatoms. The highest BCUT2D eigenvalue weighted by atomic mass is 79.9. The molecule has 0 spiro atoms. The van der Waals surface area contributed by atoms with Gasteiger partial charge in [-0.3, -0.25) is 0 Å². The monoisotopic (exact) mass is 686 g/mol. The van der Waals surface area contributed by atoms with Crippen molar-refractivity contribution in [1.29, 1.82) is 0 Å². The summed E-state index contributed by atoms with van der Waals surface area (Å²) in [5.41, 5.74) is 1.15. The molecule has 2 aliphatic carbocycles. The standard InChI is InChI=1S/2C13H14BrNO3S/c2*14-10-6-2-3-7-11(10)18-13-9-5-1-4-8-12(9)19(16,17)15-13/h2*1,4-5,8,10-11H,2-3,6-7H2/t2*10-,11-/m10/s1. The van der Waals surface area contributed by atoms with E-state index in [4.69, 9.17) is 9.47 Å². The van der Waals surface area contributed by atoms with E-state index in [1.54, 1.807) is 48.5 Å². The number of sulfonamides is 2. The second kappa shape index (κ2) is 11.4. The zero-order valence-electron chi connectivity index (χ0n) is 20.5. The molecule has 0 amide bonds. The fraction of sp³-hybridized carbons (Fsp3) is 0.462. The lowest BCUT2D eigenvalue weighted by Gasteiger charge is -2.27. The molecule has 4 aliphatic rings. The number of rotatable bonds is 2. The molecule has 2 aromatic carbocycles. The van der Waals surface area contributed by atoms with Crippen LogP contribution >= 0.6 is 31.9 Å². The second-order valence-corrected chi connectivity index (χ2v) is 15.1. The summed E-state index contributed by atoms with van der Waals surface area (Å²) in [5.74, 6) is 0.485. The minimum absolute atomic E-state index is 0.00569. The molecule has 2 heterocycles. The van der Waals surface area contributed by atoms with E-state index >= 15 is 0 Å². The topological polar surface area (TPSA) is 111 Å². The number of ether oxygens (including phenoxy) is 2. The van der Waals surface area contributed by atoms with Crippen molar-refractivity contribution >= 4 is 63.7 Å². The fourth-order valence-electron chi connectivity index (χ4n) is 4.98. The molecule has 2 aliphatic heterocycles. The number of alkyl halides is 2. The van der Waals surface area contributed by atoms with Gasteiger partial charge in [0.2, 0.25) is 11.8 Å². The van der Waals surface area contributed by atoms with Gasteiger partial charge in [0.25, 0.3) is 20.0 Å². The first-order valence-electron chi connectivity index (χ1n) is 12.7. The van der Waals surface area contributed by atoms with Crippen LogP contribution in [0.4, 0.5) is 0 Å². The Labute approximate surface area is 240 Å². The Morgan fingerprint density at radius 1 is 0.605 bits per heavy atom. The third-order valence-corrected chi connectivity index (χ3v) is 11.7. The van der Waals surface area contributed by atoms with Crippen molar-refractivity contribution in [3.8, 4) is 0 Å². The van der Waals surface area contributed by atoms with Crippen molar-refractivity contribution in [3.05, 3.63) is 59.7 Å². The molecule has 0 saturated heterocycles. The molecule has 6 rings (SSSR count). The van der Waals surface area contributed by atoms with Crippen LogP contribution in [0.25, 0.3) is 0 Å². The summed E-state index contributed by atoms with van der Waals surface area (Å²) in [5, 5.41) is 0. The second-order valence-electron chi connectivity index (χ2n) is 9.65. The normalized spacial score (nSPS) is 28.6. The lowest BCUT2D eigenvalue weighted by atomic mass is 9.97. The van der Waals surface area contributed by atoms with Gasteiger partial charge in [0, 0.05) is 0 Å². The van der Waals surface area contributed by atoms with Crippen LogP contribution in [0.3, 0.4) is 0 Å². The van der Waals surface area contributed by atoms with Crippen molar-refractivity contribution in [2.75, 3.05) is 0 Å². The Hall–Kier alpha value is -1.76. The van der Waals surface area contributed by atoms with Crippen LogP contribution in [-0.4, -0.2) is 50.5 Å². The molecule has 8 nitrogen and oxygen atoms in total. The number of hydrogen-bond donors (Lipinski definition) is 0. The molecule has 0 unspecified atom stereocenters. The molecule has 2 fully saturated rings. The molecule has 0 radical (unpaired) electrons. The molecule has 4 atom stereocenters. The highest BCUT2D eigenvalue weighted by molar-refractivity contribution is 9.09. The van der Waals surface area contributed by atoms with Gasteiger partial charge in [0.05, 0.1) is 20.8 Å². The van der Waals surface area contributed by atoms with E-state index in [1.807, 2.05) is 0 Å². The van der Waals surface area contributed by atoms with Crippen molar-refractivity contribution in [3.63, 3.8) is 0 Å². The van der Waals surface area contributed by atoms with Crippen LogP contribution in [0.1, 0.15) is 62.5 Å². The fourth-order valence-corrected chi connectivity index (χ4v) is 8.65. The van der Waals surface area contributed by atoms with Gasteiger partial charge in [0.1, 0.15) is 22.0 Å². The molecule has 204 valence electrons. The quantitative estimate of drug-likeness (QED) is 0.374. The maximum absolute atomic E-state index is 11.9. The summed E-state index contributed by atoms with van der Waals surface area (Å²) in [7, 11) is -7.15. The summed E-state index contributed by atoms with van der Waals surface area (Å²) in [6.45, 7) is 0. The van der Waals surface area contributed by atoms with Crippen molar-refractivity contribution in [2.24, 2.45) is 8.80 Å². The Morgan fingerprint density at radius 2 is 0.974 bits per heavy atom. The van der Waals surface area contributed by atoms with E-state index in [-0.39, 0.29) is 43.4 Å². The first kappa shape index (κ1) is 27.8. The van der Waals surface area contributed by atoms with E-state index in [0.29, 0.717) is 11.1 Å². The van der Waals surface area contributed by atoms with E-state index in [0.717, 1.165) is 38.5 Å². The number of fused-ring (bicyclic) bond motifs is 2. The highest BCUT2D eigenvalue weighted by Gasteiger charge is 2.35. The van der Waals surface area contributed by atoms with Gasteiger partial charge >= 0.3 is 0 Å². The van der Waals surface area contributed by atoms with Crippen LogP contribution in [0.2, 0.25) is 0 Å². The molecular formula is C26H28Br2N2O6S2. The molecular weight excluding hydrogens is 660 g/mol. The predicted octanol–water partition coefficient (Wildman–Crippen LogP) is 5.72. The third kappa shape index (κ3) is 5.88. The Balaban J connectivity index is 0.000000155. The van der Waals surface area contributed by atoms with Gasteiger partial charge in [-0.15, -0.1) is 8.80 Å². The summed E-state index contributed by atoms with van der Waals surface area (Å²) in [4.78, 5) is 1.01. The molecule has 2 saturated carbocycles. The Morgan fingerprint density at radius 3 is 1.37 bits per heavy atom. The highest BCUT2D eigenvalue weighted by Crippen LogP contribution is 2.33. The third-order valence-electron chi connectivity index (χ3n) is 6.97. The van der Waals surface area contributed by atoms with Gasteiger partial charge < -0.3 is 9.47 Å². The molecule has 0 N–H and O–H groups in total. The zero-order chi connectivity index (χ0) is 26.9. The first-order chi connectivity index (χ1) is 18.2. The summed E-state index contributed by atoms with van der Waals surface area (Å²) in [6, 6.07) is 13.6. The molecule has 38 heavy (non-hydrogen) atoms. The maximum atomic E-state index is 11.9. The largest absolute Gasteiger partial charge is 0.472 e. The average molecular weight is 688 g/mol. The number of hydrogen-bond acceptors (Lipinski definition) is 6. The molecule has 0 aromatic heterocycles. The van der Waals surface area contributed by atoms with E-state index < -0.39 is 20.0 Å². The number of nitrogens with zero attached hydrogens (tertiary/aromatic N) is 2. The summed E-state index contributed by atoms with van der Waals surface area (Å²) < 4.78 is 66.9. The lowest BCUT2D eigenvalue weighted by Crippen LogP contribution is -2.30. The smallest absolute Gasteiger partial charge is 0.286 e. The van der Waals surface area contributed by atoms with E-state index in [2.05, 4.69) is 40.7 Å². The van der Waals surface area contributed by atoms with Gasteiger partial charge in [-0.1, -0.05) is 69.0 Å². The van der Waals surface area contributed by atoms with Crippen molar-refractivity contribution in [1.82, 2.24) is 0 Å². The van der Waals surface area contributed by atoms with Gasteiger partial charge in [-0.05, 0) is 62.8 Å².